The first-order valence-corrected chi connectivity index (χ1v) is 18.3. The van der Waals surface area contributed by atoms with Gasteiger partial charge in [-0.2, -0.15) is 0 Å². The summed E-state index contributed by atoms with van der Waals surface area (Å²) in [7, 11) is 0. The SMILES string of the molecule is CC1(C)[C@@H]2CC[C@@]1(C)C1(C2)O[C@@H]2[C@@H](OCc3ccccc3)[C@H](OCc3ccccc3)[C@@H](OCc3ccccc3)[C@H](OCc3ccccc3)[C@@H]2O1. The van der Waals surface area contributed by atoms with Crippen molar-refractivity contribution in [3.8, 4) is 0 Å². The minimum atomic E-state index is -0.740. The van der Waals surface area contributed by atoms with E-state index in [0.29, 0.717) is 32.3 Å². The topological polar surface area (TPSA) is 55.4 Å². The number of rotatable bonds is 12. The Kier molecular flexibility index (Phi) is 9.44. The van der Waals surface area contributed by atoms with Gasteiger partial charge in [-0.3, -0.25) is 0 Å². The van der Waals surface area contributed by atoms with Gasteiger partial charge >= 0.3 is 0 Å². The third kappa shape index (κ3) is 6.14. The fourth-order valence-corrected chi connectivity index (χ4v) is 9.22. The minimum absolute atomic E-state index is 0.0771. The molecular weight excluding hydrogens is 624 g/mol. The minimum Gasteiger partial charge on any atom is -0.368 e. The summed E-state index contributed by atoms with van der Waals surface area (Å²) >= 11 is 0. The summed E-state index contributed by atoms with van der Waals surface area (Å²) in [4.78, 5) is 0. The lowest BCUT2D eigenvalue weighted by atomic mass is 9.68. The van der Waals surface area contributed by atoms with Crippen LogP contribution in [0.4, 0.5) is 0 Å². The predicted molar refractivity (Wildman–Crippen MR) is 192 cm³/mol. The van der Waals surface area contributed by atoms with Gasteiger partial charge in [-0.25, -0.2) is 0 Å². The van der Waals surface area contributed by atoms with E-state index in [9.17, 15) is 0 Å². The van der Waals surface area contributed by atoms with E-state index in [1.54, 1.807) is 0 Å². The fourth-order valence-electron chi connectivity index (χ4n) is 9.22. The molecule has 8 rings (SSSR count). The summed E-state index contributed by atoms with van der Waals surface area (Å²) in [6.07, 6.45) is 0.375. The Hall–Kier alpha value is -3.36. The molecule has 262 valence electrons. The monoisotopic (exact) mass is 674 g/mol. The van der Waals surface area contributed by atoms with Crippen LogP contribution in [0.2, 0.25) is 0 Å². The van der Waals surface area contributed by atoms with Crippen LogP contribution < -0.4 is 0 Å². The predicted octanol–water partition coefficient (Wildman–Crippen LogP) is 8.67. The van der Waals surface area contributed by atoms with E-state index in [1.807, 2.05) is 72.8 Å². The highest BCUT2D eigenvalue weighted by Gasteiger charge is 2.76. The molecule has 4 fully saturated rings. The second-order valence-corrected chi connectivity index (χ2v) is 15.5. The Morgan fingerprint density at radius 1 is 0.500 bits per heavy atom. The molecule has 0 aromatic heterocycles. The molecule has 4 aromatic rings. The van der Waals surface area contributed by atoms with E-state index in [0.717, 1.165) is 35.1 Å². The summed E-state index contributed by atoms with van der Waals surface area (Å²) in [5, 5.41) is 0. The zero-order chi connectivity index (χ0) is 34.2. The Balaban J connectivity index is 1.19. The summed E-state index contributed by atoms with van der Waals surface area (Å²) in [5.41, 5.74) is 4.28. The van der Waals surface area contributed by atoms with Gasteiger partial charge in [-0.15, -0.1) is 0 Å². The second kappa shape index (κ2) is 14.0. The van der Waals surface area contributed by atoms with Crippen molar-refractivity contribution in [2.45, 2.75) is 109 Å². The standard InChI is InChI=1S/C44H50O6/c1-42(2)35-24-25-43(42,3)44(26-35)49-40-38(47-29-33-20-12-6-13-21-33)36(45-27-31-16-8-4-9-17-31)37(46-28-32-18-10-5-11-19-32)39(41(40)50-44)48-30-34-22-14-7-15-23-34/h4-23,35-41H,24-30H2,1-3H3/t35-,36-,37-,38+,39+,40-,41+,43-,44?/m1/s1. The van der Waals surface area contributed by atoms with Crippen LogP contribution in [0, 0.1) is 16.7 Å². The van der Waals surface area contributed by atoms with Crippen LogP contribution >= 0.6 is 0 Å². The van der Waals surface area contributed by atoms with Crippen LogP contribution in [-0.4, -0.2) is 42.4 Å². The Bertz CT molecular complexity index is 1580. The number of hydrogen-bond donors (Lipinski definition) is 0. The molecule has 9 atom stereocenters. The molecule has 4 aromatic carbocycles. The number of benzene rings is 4. The van der Waals surface area contributed by atoms with E-state index in [2.05, 4.69) is 69.3 Å². The average Bonchev–Trinajstić information content (AvgIpc) is 3.69. The smallest absolute Gasteiger partial charge is 0.175 e. The molecule has 1 saturated heterocycles. The van der Waals surface area contributed by atoms with Gasteiger partial charge < -0.3 is 28.4 Å². The van der Waals surface area contributed by atoms with Crippen molar-refractivity contribution in [2.75, 3.05) is 0 Å². The molecule has 2 bridgehead atoms. The first-order valence-electron chi connectivity index (χ1n) is 18.3. The molecule has 50 heavy (non-hydrogen) atoms. The van der Waals surface area contributed by atoms with E-state index in [1.165, 1.54) is 6.42 Å². The molecule has 3 saturated carbocycles. The van der Waals surface area contributed by atoms with E-state index in [-0.39, 0.29) is 10.8 Å². The van der Waals surface area contributed by atoms with Crippen LogP contribution in [0.1, 0.15) is 62.3 Å². The lowest BCUT2D eigenvalue weighted by molar-refractivity contribution is -0.259. The lowest BCUT2D eigenvalue weighted by Gasteiger charge is -2.46. The maximum Gasteiger partial charge on any atom is 0.175 e. The highest BCUT2D eigenvalue weighted by Crippen LogP contribution is 2.73. The highest BCUT2D eigenvalue weighted by molar-refractivity contribution is 5.22. The van der Waals surface area contributed by atoms with Crippen molar-refractivity contribution in [3.63, 3.8) is 0 Å². The summed E-state index contributed by atoms with van der Waals surface area (Å²) in [6, 6.07) is 41.3. The van der Waals surface area contributed by atoms with Gasteiger partial charge in [-0.1, -0.05) is 142 Å². The molecule has 0 amide bonds. The number of ether oxygens (including phenoxy) is 6. The van der Waals surface area contributed by atoms with Crippen molar-refractivity contribution in [2.24, 2.45) is 16.7 Å². The Morgan fingerprint density at radius 3 is 1.14 bits per heavy atom. The van der Waals surface area contributed by atoms with Gasteiger partial charge in [0.05, 0.1) is 26.4 Å². The van der Waals surface area contributed by atoms with Crippen LogP contribution in [0.15, 0.2) is 121 Å². The third-order valence-corrected chi connectivity index (χ3v) is 12.5. The van der Waals surface area contributed by atoms with Crippen LogP contribution in [0.25, 0.3) is 0 Å². The molecule has 6 heteroatoms. The van der Waals surface area contributed by atoms with Crippen LogP contribution in [0.3, 0.4) is 0 Å². The zero-order valence-corrected chi connectivity index (χ0v) is 29.5. The third-order valence-electron chi connectivity index (χ3n) is 12.5. The largest absolute Gasteiger partial charge is 0.368 e. The lowest BCUT2D eigenvalue weighted by Crippen LogP contribution is -2.65. The molecule has 4 aliphatic rings. The van der Waals surface area contributed by atoms with Crippen LogP contribution in [-0.2, 0) is 54.8 Å². The average molecular weight is 675 g/mol. The van der Waals surface area contributed by atoms with E-state index < -0.39 is 42.4 Å². The highest BCUT2D eigenvalue weighted by atomic mass is 16.8. The first kappa shape index (κ1) is 33.8. The second-order valence-electron chi connectivity index (χ2n) is 15.5. The van der Waals surface area contributed by atoms with Crippen molar-refractivity contribution in [1.82, 2.24) is 0 Å². The quantitative estimate of drug-likeness (QED) is 0.150. The molecule has 1 unspecified atom stereocenters. The summed E-state index contributed by atoms with van der Waals surface area (Å²) in [6.45, 7) is 8.83. The first-order chi connectivity index (χ1) is 24.4. The van der Waals surface area contributed by atoms with Crippen molar-refractivity contribution < 1.29 is 28.4 Å². The molecule has 3 aliphatic carbocycles. The number of hydrogen-bond acceptors (Lipinski definition) is 6. The van der Waals surface area contributed by atoms with E-state index in [4.69, 9.17) is 28.4 Å². The van der Waals surface area contributed by atoms with Gasteiger partial charge in [0.25, 0.3) is 0 Å². The van der Waals surface area contributed by atoms with E-state index >= 15 is 0 Å². The van der Waals surface area contributed by atoms with Gasteiger partial charge in [-0.05, 0) is 46.4 Å². The van der Waals surface area contributed by atoms with Gasteiger partial charge in [0, 0.05) is 11.8 Å². The van der Waals surface area contributed by atoms with Crippen molar-refractivity contribution in [1.29, 1.82) is 0 Å². The molecule has 6 nitrogen and oxygen atoms in total. The van der Waals surface area contributed by atoms with Gasteiger partial charge in [0.15, 0.2) is 5.79 Å². The van der Waals surface area contributed by atoms with Crippen molar-refractivity contribution >= 4 is 0 Å². The summed E-state index contributed by atoms with van der Waals surface area (Å²) < 4.78 is 42.7. The maximum atomic E-state index is 7.40. The Labute approximate surface area is 297 Å². The summed E-state index contributed by atoms with van der Waals surface area (Å²) in [5.74, 6) is -0.217. The molecular formula is C44H50O6. The maximum absolute atomic E-state index is 7.40. The fraction of sp³-hybridized carbons (Fsp3) is 0.455. The molecule has 1 aliphatic heterocycles. The molecule has 0 radical (unpaired) electrons. The van der Waals surface area contributed by atoms with Crippen molar-refractivity contribution in [3.05, 3.63) is 144 Å². The number of fused-ring (bicyclic) bond motifs is 4. The molecule has 1 spiro atoms. The van der Waals surface area contributed by atoms with Crippen LogP contribution in [0.5, 0.6) is 0 Å². The normalized spacial score (nSPS) is 33.9. The van der Waals surface area contributed by atoms with Gasteiger partial charge in [0.1, 0.15) is 36.6 Å². The Morgan fingerprint density at radius 2 is 0.840 bits per heavy atom. The van der Waals surface area contributed by atoms with Gasteiger partial charge in [0.2, 0.25) is 0 Å². The molecule has 1 heterocycles. The zero-order valence-electron chi connectivity index (χ0n) is 29.5. The molecule has 0 N–H and O–H groups in total.